The van der Waals surface area contributed by atoms with Gasteiger partial charge in [-0.25, -0.2) is 4.79 Å². The van der Waals surface area contributed by atoms with Crippen LogP contribution in [0.4, 0.5) is 0 Å². The number of aliphatic carboxylic acids is 4. The molecule has 0 aromatic rings. The lowest BCUT2D eigenvalue weighted by Crippen LogP contribution is -2.61. The molecule has 0 unspecified atom stereocenters. The van der Waals surface area contributed by atoms with Crippen LogP contribution in [0, 0.1) is 11.8 Å². The molecule has 1 heterocycles. The Labute approximate surface area is 407 Å². The summed E-state index contributed by atoms with van der Waals surface area (Å²) < 4.78 is 0. The average Bonchev–Trinajstić information content (AvgIpc) is 3.75. The minimum atomic E-state index is -1.80. The van der Waals surface area contributed by atoms with Crippen LogP contribution in [0.1, 0.15) is 85.5 Å². The van der Waals surface area contributed by atoms with E-state index in [0.29, 0.717) is 0 Å². The maximum Gasteiger partial charge on any atom is 0.327 e. The summed E-state index contributed by atoms with van der Waals surface area (Å²) >= 11 is 7.96. The number of hydrogen-bond donors (Lipinski definition) is 15. The van der Waals surface area contributed by atoms with Crippen LogP contribution in [0.25, 0.3) is 0 Å². The van der Waals surface area contributed by atoms with E-state index in [1.165, 1.54) is 0 Å². The molecule has 1 aliphatic rings. The van der Waals surface area contributed by atoms with E-state index in [4.69, 9.17) is 16.6 Å². The molecule has 9 atom stereocenters. The normalized spacial score (nSPS) is 16.8. The summed E-state index contributed by atoms with van der Waals surface area (Å²) in [7, 11) is 0. The molecule has 0 aromatic carbocycles. The zero-order valence-electron chi connectivity index (χ0n) is 38.4. The van der Waals surface area contributed by atoms with Crippen LogP contribution < -0.4 is 48.7 Å². The molecule has 29 heteroatoms. The molecule has 0 saturated carbocycles. The molecule has 0 spiro atoms. The summed E-state index contributed by atoms with van der Waals surface area (Å²) in [6, 6.07) is -13.7. The Kier molecular flexibility index (Phi) is 26.1. The molecule has 15 N–H and O–H groups in total. The highest BCUT2D eigenvalue weighted by molar-refractivity contribution is 7.80. The van der Waals surface area contributed by atoms with Gasteiger partial charge < -0.3 is 74.0 Å². The fourth-order valence-electron chi connectivity index (χ4n) is 6.73. The Morgan fingerprint density at radius 2 is 1.07 bits per heavy atom. The average molecular weight is 1020 g/mol. The number of hydrogen-bond acceptors (Lipinski definition) is 16. The highest BCUT2D eigenvalue weighted by atomic mass is 32.1. The minimum Gasteiger partial charge on any atom is -0.481 e. The topological polar surface area (TPSA) is 442 Å². The predicted molar refractivity (Wildman–Crippen MR) is 246 cm³/mol. The number of carboxylic acids is 4. The zero-order chi connectivity index (χ0) is 52.9. The monoisotopic (exact) mass is 1020 g/mol. The Hall–Kier alpha value is -6.23. The molecule has 27 nitrogen and oxygen atoms in total. The first-order valence-corrected chi connectivity index (χ1v) is 23.0. The number of carbonyl (C=O) groups excluding carboxylic acids is 9. The van der Waals surface area contributed by atoms with Gasteiger partial charge in [-0.1, -0.05) is 27.7 Å². The third-order valence-electron chi connectivity index (χ3n) is 10.4. The zero-order valence-corrected chi connectivity index (χ0v) is 40.2. The van der Waals surface area contributed by atoms with Crippen molar-refractivity contribution in [3.8, 4) is 0 Å². The van der Waals surface area contributed by atoms with Gasteiger partial charge in [0.2, 0.25) is 53.2 Å². The molecule has 1 saturated heterocycles. The van der Waals surface area contributed by atoms with Gasteiger partial charge in [-0.3, -0.25) is 57.5 Å². The molecule has 1 fully saturated rings. The van der Waals surface area contributed by atoms with E-state index in [-0.39, 0.29) is 49.7 Å². The van der Waals surface area contributed by atoms with Gasteiger partial charge in [-0.15, -0.1) is 0 Å². The third-order valence-corrected chi connectivity index (χ3v) is 11.1. The summed E-state index contributed by atoms with van der Waals surface area (Å²) in [6.45, 7) is 6.31. The van der Waals surface area contributed by atoms with Gasteiger partial charge in [-0.2, -0.15) is 25.3 Å². The Morgan fingerprint density at radius 3 is 1.58 bits per heavy atom. The Morgan fingerprint density at radius 1 is 0.580 bits per heavy atom. The summed E-state index contributed by atoms with van der Waals surface area (Å²) in [6.07, 6.45) is -3.66. The van der Waals surface area contributed by atoms with Crippen LogP contribution in [0.2, 0.25) is 0 Å². The van der Waals surface area contributed by atoms with Crippen LogP contribution in [0.3, 0.4) is 0 Å². The van der Waals surface area contributed by atoms with E-state index in [1.54, 1.807) is 27.7 Å². The number of nitrogens with zero attached hydrogens (tertiary/aromatic N) is 1. The van der Waals surface area contributed by atoms with Crippen molar-refractivity contribution in [3.63, 3.8) is 0 Å². The molecular weight excluding hydrogens is 957 g/mol. The van der Waals surface area contributed by atoms with E-state index in [1.807, 2.05) is 0 Å². The van der Waals surface area contributed by atoms with E-state index in [2.05, 4.69) is 62.5 Å². The Balaban J connectivity index is 3.36. The molecule has 0 bridgehead atoms. The lowest BCUT2D eigenvalue weighted by atomic mass is 10.0. The number of nitrogens with one attached hydrogen (secondary N) is 7. The number of carbonyl (C=O) groups is 13. The lowest BCUT2D eigenvalue weighted by Gasteiger charge is -2.31. The summed E-state index contributed by atoms with van der Waals surface area (Å²) in [5, 5.41) is 53.3. The van der Waals surface area contributed by atoms with Crippen molar-refractivity contribution < 1.29 is 82.8 Å². The van der Waals surface area contributed by atoms with Crippen LogP contribution >= 0.6 is 25.3 Å². The second kappa shape index (κ2) is 29.6. The first-order valence-electron chi connectivity index (χ1n) is 21.7. The fraction of sp³-hybridized carbons (Fsp3) is 0.675. The summed E-state index contributed by atoms with van der Waals surface area (Å²) in [5.74, 6) is -16.5. The number of primary amides is 1. The van der Waals surface area contributed by atoms with Crippen molar-refractivity contribution in [1.29, 1.82) is 0 Å². The van der Waals surface area contributed by atoms with Crippen LogP contribution in [0.15, 0.2) is 0 Å². The van der Waals surface area contributed by atoms with E-state index in [0.717, 1.165) is 4.90 Å². The largest absolute Gasteiger partial charge is 0.481 e. The molecule has 0 aliphatic carbocycles. The van der Waals surface area contributed by atoms with Gasteiger partial charge >= 0.3 is 23.9 Å². The van der Waals surface area contributed by atoms with Gasteiger partial charge in [-0.05, 0) is 43.9 Å². The first-order chi connectivity index (χ1) is 32.1. The molecular formula is C40H64N10O17S2. The Bertz CT molecular complexity index is 1920. The third kappa shape index (κ3) is 21.3. The standard InChI is InChI=1S/C40H64N10O17S2/c1-17(2)12-21(44-33(59)20(8-10-29(54)55)43-36(62)24(15-68)47-38(64)31(18(3)4)49-32(58)19(41)7-9-28(52)53)34(60)46-23(13-27(42)51)39(65)50-11-5-6-26(50)37(63)45-22(14-30(56)57)35(61)48-25(16-69)40(66)67/h17-26,31,68-69H,5-16,41H2,1-4H3,(H2,42,51)(H,43,62)(H,44,59)(H,45,63)(H,46,60)(H,47,64)(H,48,61)(H,49,58)(H,52,53)(H,54,55)(H,56,57)(H,66,67)/t19-,20-,21-,22-,23-,24-,25-,26-,31-/m0/s1. The van der Waals surface area contributed by atoms with Crippen LogP contribution in [-0.2, 0) is 62.3 Å². The maximum absolute atomic E-state index is 14.0. The molecule has 388 valence electrons. The smallest absolute Gasteiger partial charge is 0.327 e. The molecule has 69 heavy (non-hydrogen) atoms. The fourth-order valence-corrected chi connectivity index (χ4v) is 7.24. The van der Waals surface area contributed by atoms with Gasteiger partial charge in [0.15, 0.2) is 0 Å². The highest BCUT2D eigenvalue weighted by Gasteiger charge is 2.41. The maximum atomic E-state index is 14.0. The number of thiol groups is 2. The van der Waals surface area contributed by atoms with Crippen LogP contribution in [0.5, 0.6) is 0 Å². The van der Waals surface area contributed by atoms with Crippen molar-refractivity contribution in [3.05, 3.63) is 0 Å². The van der Waals surface area contributed by atoms with E-state index < -0.39 is 169 Å². The summed E-state index contributed by atoms with van der Waals surface area (Å²) in [5.41, 5.74) is 11.2. The number of nitrogens with two attached hydrogens (primary N) is 2. The van der Waals surface area contributed by atoms with Crippen molar-refractivity contribution in [2.24, 2.45) is 23.3 Å². The second-order valence-electron chi connectivity index (χ2n) is 16.9. The lowest BCUT2D eigenvalue weighted by molar-refractivity contribution is -0.145. The number of carboxylic acid groups (broad SMARTS) is 4. The van der Waals surface area contributed by atoms with Gasteiger partial charge in [0.1, 0.15) is 48.3 Å². The van der Waals surface area contributed by atoms with Crippen LogP contribution in [-0.4, -0.2) is 175 Å². The molecule has 0 radical (unpaired) electrons. The van der Waals surface area contributed by atoms with Crippen molar-refractivity contribution in [2.75, 3.05) is 18.1 Å². The van der Waals surface area contributed by atoms with E-state index in [9.17, 15) is 77.6 Å². The minimum absolute atomic E-state index is 0.0301. The highest BCUT2D eigenvalue weighted by Crippen LogP contribution is 2.20. The van der Waals surface area contributed by atoms with Crippen molar-refractivity contribution in [2.45, 2.75) is 140 Å². The molecule has 1 aliphatic heterocycles. The molecule has 0 aromatic heterocycles. The SMILES string of the molecule is CC(C)C[C@H](NC(=O)[C@H](CCC(=O)O)NC(=O)[C@H](CS)NC(=O)[C@@H](NC(=O)[C@@H](N)CCC(=O)O)C(C)C)C(=O)N[C@@H](CC(N)=O)C(=O)N1CCC[C@H]1C(=O)N[C@@H](CC(=O)O)C(=O)N[C@@H](CS)C(=O)O. The van der Waals surface area contributed by atoms with Gasteiger partial charge in [0, 0.05) is 30.9 Å². The van der Waals surface area contributed by atoms with Crippen molar-refractivity contribution in [1.82, 2.24) is 42.1 Å². The molecule has 1 rings (SSSR count). The van der Waals surface area contributed by atoms with Gasteiger partial charge in [0.05, 0.1) is 18.9 Å². The van der Waals surface area contributed by atoms with Crippen molar-refractivity contribution >= 4 is 102 Å². The number of likely N-dealkylation sites (tertiary alicyclic amines) is 1. The van der Waals surface area contributed by atoms with Gasteiger partial charge in [0.25, 0.3) is 0 Å². The number of amides is 9. The number of rotatable bonds is 31. The second-order valence-corrected chi connectivity index (χ2v) is 17.6. The van der Waals surface area contributed by atoms with E-state index >= 15 is 0 Å². The quantitative estimate of drug-likeness (QED) is 0.0291. The molecule has 9 amide bonds. The summed E-state index contributed by atoms with van der Waals surface area (Å²) in [4.78, 5) is 166. The predicted octanol–water partition coefficient (Wildman–Crippen LogP) is -4.58. The first kappa shape index (κ1) is 60.8.